The minimum atomic E-state index is -0.883. The first-order valence-corrected chi connectivity index (χ1v) is 6.49. The van der Waals surface area contributed by atoms with Crippen LogP contribution < -0.4 is 10.6 Å². The van der Waals surface area contributed by atoms with E-state index in [1.807, 2.05) is 0 Å². The van der Waals surface area contributed by atoms with E-state index < -0.39 is 5.97 Å². The molecule has 3 N–H and O–H groups in total. The summed E-state index contributed by atoms with van der Waals surface area (Å²) in [5.74, 6) is -0.268. The molecule has 1 saturated carbocycles. The Morgan fingerprint density at radius 2 is 2.11 bits per heavy atom. The standard InChI is InChI=1S/C14H18N2O3/c17-13(18)8-11-5-2-6-12(7-11)16-14(19)15-9-10-3-1-4-10/h2,5-7,10H,1,3-4,8-9H2,(H,17,18)(H2,15,16,19). The Hall–Kier alpha value is -2.04. The lowest BCUT2D eigenvalue weighted by Gasteiger charge is -2.25. The molecule has 1 fully saturated rings. The molecule has 0 bridgehead atoms. The van der Waals surface area contributed by atoms with E-state index in [4.69, 9.17) is 5.11 Å². The smallest absolute Gasteiger partial charge is 0.319 e. The van der Waals surface area contributed by atoms with Gasteiger partial charge in [0, 0.05) is 12.2 Å². The number of rotatable bonds is 5. The fourth-order valence-corrected chi connectivity index (χ4v) is 2.04. The highest BCUT2D eigenvalue weighted by atomic mass is 16.4. The van der Waals surface area contributed by atoms with Gasteiger partial charge < -0.3 is 15.7 Å². The maximum atomic E-state index is 11.7. The van der Waals surface area contributed by atoms with E-state index in [0.717, 1.165) is 0 Å². The Morgan fingerprint density at radius 1 is 1.32 bits per heavy atom. The summed E-state index contributed by atoms with van der Waals surface area (Å²) >= 11 is 0. The van der Waals surface area contributed by atoms with Crippen molar-refractivity contribution >= 4 is 17.7 Å². The summed E-state index contributed by atoms with van der Waals surface area (Å²) in [5, 5.41) is 14.3. The van der Waals surface area contributed by atoms with Crippen LogP contribution in [0.2, 0.25) is 0 Å². The van der Waals surface area contributed by atoms with Crippen LogP contribution in [0.15, 0.2) is 24.3 Å². The number of carbonyl (C=O) groups excluding carboxylic acids is 1. The summed E-state index contributed by atoms with van der Waals surface area (Å²) in [6, 6.07) is 6.65. The molecule has 0 saturated heterocycles. The van der Waals surface area contributed by atoms with Crippen LogP contribution in [-0.2, 0) is 11.2 Å². The first-order valence-electron chi connectivity index (χ1n) is 6.49. The quantitative estimate of drug-likeness (QED) is 0.761. The van der Waals surface area contributed by atoms with E-state index in [1.54, 1.807) is 24.3 Å². The molecule has 102 valence electrons. The van der Waals surface area contributed by atoms with Crippen molar-refractivity contribution in [2.24, 2.45) is 5.92 Å². The number of anilines is 1. The number of benzene rings is 1. The molecule has 1 aliphatic rings. The van der Waals surface area contributed by atoms with E-state index in [-0.39, 0.29) is 12.5 Å². The number of carbonyl (C=O) groups is 2. The minimum Gasteiger partial charge on any atom is -0.481 e. The molecule has 1 aromatic rings. The van der Waals surface area contributed by atoms with E-state index in [0.29, 0.717) is 23.7 Å². The molecule has 2 rings (SSSR count). The van der Waals surface area contributed by atoms with E-state index >= 15 is 0 Å². The summed E-state index contributed by atoms with van der Waals surface area (Å²) in [7, 11) is 0. The average Bonchev–Trinajstić information content (AvgIpc) is 2.26. The second kappa shape index (κ2) is 6.22. The Labute approximate surface area is 112 Å². The molecule has 0 unspecified atom stereocenters. The third-order valence-electron chi connectivity index (χ3n) is 3.32. The van der Waals surface area contributed by atoms with Crippen molar-refractivity contribution in [2.45, 2.75) is 25.7 Å². The van der Waals surface area contributed by atoms with Gasteiger partial charge in [-0.1, -0.05) is 18.6 Å². The van der Waals surface area contributed by atoms with Crippen LogP contribution in [-0.4, -0.2) is 23.7 Å². The third kappa shape index (κ3) is 4.28. The number of amides is 2. The lowest BCUT2D eigenvalue weighted by Crippen LogP contribution is -2.35. The van der Waals surface area contributed by atoms with Gasteiger partial charge in [-0.05, 0) is 36.5 Å². The summed E-state index contributed by atoms with van der Waals surface area (Å²) in [5.41, 5.74) is 1.29. The molecule has 19 heavy (non-hydrogen) atoms. The largest absolute Gasteiger partial charge is 0.481 e. The summed E-state index contributed by atoms with van der Waals surface area (Å²) in [6.45, 7) is 0.709. The van der Waals surface area contributed by atoms with Gasteiger partial charge >= 0.3 is 12.0 Å². The topological polar surface area (TPSA) is 78.4 Å². The van der Waals surface area contributed by atoms with E-state index in [2.05, 4.69) is 10.6 Å². The zero-order valence-electron chi connectivity index (χ0n) is 10.7. The van der Waals surface area contributed by atoms with Gasteiger partial charge in [0.25, 0.3) is 0 Å². The lowest BCUT2D eigenvalue weighted by molar-refractivity contribution is -0.136. The van der Waals surface area contributed by atoms with Crippen LogP contribution in [0.25, 0.3) is 0 Å². The van der Waals surface area contributed by atoms with Crippen molar-refractivity contribution in [3.63, 3.8) is 0 Å². The lowest BCUT2D eigenvalue weighted by atomic mass is 9.85. The fraction of sp³-hybridized carbons (Fsp3) is 0.429. The van der Waals surface area contributed by atoms with Gasteiger partial charge in [0.2, 0.25) is 0 Å². The van der Waals surface area contributed by atoms with Gasteiger partial charge in [-0.15, -0.1) is 0 Å². The zero-order chi connectivity index (χ0) is 13.7. The Morgan fingerprint density at radius 3 is 2.74 bits per heavy atom. The zero-order valence-corrected chi connectivity index (χ0v) is 10.7. The molecule has 1 aromatic carbocycles. The predicted molar refractivity (Wildman–Crippen MR) is 72.1 cm³/mol. The Bertz CT molecular complexity index is 470. The van der Waals surface area contributed by atoms with Crippen molar-refractivity contribution in [1.29, 1.82) is 0 Å². The summed E-state index contributed by atoms with van der Waals surface area (Å²) in [6.07, 6.45) is 3.59. The van der Waals surface area contributed by atoms with Crippen molar-refractivity contribution in [2.75, 3.05) is 11.9 Å². The van der Waals surface area contributed by atoms with Crippen LogP contribution in [0.4, 0.5) is 10.5 Å². The molecule has 0 atom stereocenters. The van der Waals surface area contributed by atoms with Crippen LogP contribution in [0.1, 0.15) is 24.8 Å². The van der Waals surface area contributed by atoms with Crippen LogP contribution in [0, 0.1) is 5.92 Å². The average molecular weight is 262 g/mol. The van der Waals surface area contributed by atoms with Gasteiger partial charge in [-0.25, -0.2) is 4.79 Å². The van der Waals surface area contributed by atoms with Crippen LogP contribution >= 0.6 is 0 Å². The number of carboxylic acid groups (broad SMARTS) is 1. The maximum absolute atomic E-state index is 11.7. The molecule has 0 aliphatic heterocycles. The van der Waals surface area contributed by atoms with Crippen LogP contribution in [0.5, 0.6) is 0 Å². The second-order valence-corrected chi connectivity index (χ2v) is 4.90. The number of urea groups is 1. The third-order valence-corrected chi connectivity index (χ3v) is 3.32. The molecule has 0 spiro atoms. The molecule has 5 nitrogen and oxygen atoms in total. The molecule has 0 heterocycles. The molecule has 1 aliphatic carbocycles. The van der Waals surface area contributed by atoms with Gasteiger partial charge in [-0.3, -0.25) is 4.79 Å². The van der Waals surface area contributed by atoms with Gasteiger partial charge in [0.05, 0.1) is 6.42 Å². The summed E-state index contributed by atoms with van der Waals surface area (Å²) < 4.78 is 0. The van der Waals surface area contributed by atoms with Crippen molar-refractivity contribution in [3.05, 3.63) is 29.8 Å². The first-order chi connectivity index (χ1) is 9.13. The predicted octanol–water partition coefficient (Wildman–Crippen LogP) is 2.24. The van der Waals surface area contributed by atoms with Gasteiger partial charge in [0.15, 0.2) is 0 Å². The van der Waals surface area contributed by atoms with Crippen molar-refractivity contribution in [3.8, 4) is 0 Å². The monoisotopic (exact) mass is 262 g/mol. The van der Waals surface area contributed by atoms with Gasteiger partial charge in [0.1, 0.15) is 0 Å². The normalized spacial score (nSPS) is 14.5. The molecule has 0 aromatic heterocycles. The highest BCUT2D eigenvalue weighted by molar-refractivity contribution is 5.89. The maximum Gasteiger partial charge on any atom is 0.319 e. The number of hydrogen-bond acceptors (Lipinski definition) is 2. The first kappa shape index (κ1) is 13.4. The molecule has 2 amide bonds. The van der Waals surface area contributed by atoms with Crippen LogP contribution in [0.3, 0.4) is 0 Å². The van der Waals surface area contributed by atoms with E-state index in [9.17, 15) is 9.59 Å². The minimum absolute atomic E-state index is 0.0424. The Balaban J connectivity index is 1.83. The molecule has 0 radical (unpaired) electrons. The van der Waals surface area contributed by atoms with Gasteiger partial charge in [-0.2, -0.15) is 0 Å². The molecular weight excluding hydrogens is 244 g/mol. The number of carboxylic acids is 1. The molecular formula is C14H18N2O3. The number of hydrogen-bond donors (Lipinski definition) is 3. The van der Waals surface area contributed by atoms with Crippen molar-refractivity contribution < 1.29 is 14.7 Å². The number of nitrogens with one attached hydrogen (secondary N) is 2. The molecule has 5 heteroatoms. The second-order valence-electron chi connectivity index (χ2n) is 4.90. The van der Waals surface area contributed by atoms with E-state index in [1.165, 1.54) is 19.3 Å². The summed E-state index contributed by atoms with van der Waals surface area (Å²) in [4.78, 5) is 22.3. The number of aliphatic carboxylic acids is 1. The van der Waals surface area contributed by atoms with Crippen molar-refractivity contribution in [1.82, 2.24) is 5.32 Å². The SMILES string of the molecule is O=C(O)Cc1cccc(NC(=O)NCC2CCC2)c1. The fourth-order valence-electron chi connectivity index (χ4n) is 2.04. The highest BCUT2D eigenvalue weighted by Gasteiger charge is 2.17. The Kier molecular flexibility index (Phi) is 4.39. The highest BCUT2D eigenvalue weighted by Crippen LogP contribution is 2.25.